The van der Waals surface area contributed by atoms with E-state index < -0.39 is 17.6 Å². The summed E-state index contributed by atoms with van der Waals surface area (Å²) in [7, 11) is 0. The molecule has 0 bridgehead atoms. The van der Waals surface area contributed by atoms with Gasteiger partial charge in [0.1, 0.15) is 17.3 Å². The van der Waals surface area contributed by atoms with Gasteiger partial charge in [0.05, 0.1) is 5.56 Å². The highest BCUT2D eigenvalue weighted by atomic mass is 19.4. The second-order valence-corrected chi connectivity index (χ2v) is 7.51. The van der Waals surface area contributed by atoms with E-state index in [4.69, 9.17) is 10.5 Å². The molecule has 0 saturated heterocycles. The largest absolute Gasteiger partial charge is 0.457 e. The molecule has 7 nitrogen and oxygen atoms in total. The number of benzene rings is 2. The topological polar surface area (TPSA) is 106 Å². The quantitative estimate of drug-likeness (QED) is 0.390. The smallest absolute Gasteiger partial charge is 0.416 e. The van der Waals surface area contributed by atoms with Crippen LogP contribution in [0.15, 0.2) is 66.9 Å². The molecule has 3 aromatic rings. The van der Waals surface area contributed by atoms with E-state index in [9.17, 15) is 22.8 Å². The number of hydrogen-bond acceptors (Lipinski definition) is 5. The summed E-state index contributed by atoms with van der Waals surface area (Å²) in [6, 6.07) is 13.4. The molecular formula is C25H23F3N4O3. The highest BCUT2D eigenvalue weighted by Crippen LogP contribution is 2.32. The molecule has 2 amide bonds. The van der Waals surface area contributed by atoms with Crippen LogP contribution in [0.5, 0.6) is 11.5 Å². The number of aromatic nitrogens is 1. The van der Waals surface area contributed by atoms with Crippen LogP contribution in [0.25, 0.3) is 6.08 Å². The summed E-state index contributed by atoms with van der Waals surface area (Å²) >= 11 is 0. The number of rotatable bonds is 8. The molecule has 1 heterocycles. The molecule has 4 N–H and O–H groups in total. The van der Waals surface area contributed by atoms with Gasteiger partial charge >= 0.3 is 6.18 Å². The van der Waals surface area contributed by atoms with E-state index in [2.05, 4.69) is 15.6 Å². The van der Waals surface area contributed by atoms with E-state index in [-0.39, 0.29) is 24.6 Å². The van der Waals surface area contributed by atoms with Crippen LogP contribution < -0.4 is 21.1 Å². The Bertz CT molecular complexity index is 1240. The SMILES string of the molecule is CC(=O)Nc1cc(Oc2cccc(/C=C/C(=O)Nc3cc(CCN)cc(C(F)(F)F)c3)c2)ccn1. The number of alkyl halides is 3. The van der Waals surface area contributed by atoms with Gasteiger partial charge < -0.3 is 21.1 Å². The van der Waals surface area contributed by atoms with Gasteiger partial charge in [-0.3, -0.25) is 9.59 Å². The zero-order chi connectivity index (χ0) is 25.4. The molecule has 0 aliphatic rings. The number of nitrogens with one attached hydrogen (secondary N) is 2. The number of nitrogens with zero attached hydrogens (tertiary/aromatic N) is 1. The van der Waals surface area contributed by atoms with Crippen LogP contribution >= 0.6 is 0 Å². The average Bonchev–Trinajstić information content (AvgIpc) is 2.77. The van der Waals surface area contributed by atoms with E-state index in [0.717, 1.165) is 12.1 Å². The van der Waals surface area contributed by atoms with Crippen molar-refractivity contribution in [1.29, 1.82) is 0 Å². The first-order valence-electron chi connectivity index (χ1n) is 10.5. The first-order chi connectivity index (χ1) is 16.6. The van der Waals surface area contributed by atoms with Gasteiger partial charge in [-0.1, -0.05) is 12.1 Å². The Morgan fingerprint density at radius 1 is 1.06 bits per heavy atom. The maximum absolute atomic E-state index is 13.2. The molecule has 3 rings (SSSR count). The van der Waals surface area contributed by atoms with E-state index >= 15 is 0 Å². The molecule has 0 spiro atoms. The molecule has 0 atom stereocenters. The number of pyridine rings is 1. The van der Waals surface area contributed by atoms with Crippen molar-refractivity contribution in [2.24, 2.45) is 5.73 Å². The summed E-state index contributed by atoms with van der Waals surface area (Å²) < 4.78 is 45.3. The third kappa shape index (κ3) is 7.97. The second kappa shape index (κ2) is 11.3. The van der Waals surface area contributed by atoms with Crippen LogP contribution in [0, 0.1) is 0 Å². The fraction of sp³-hybridized carbons (Fsp3) is 0.160. The van der Waals surface area contributed by atoms with Gasteiger partial charge in [-0.2, -0.15) is 13.2 Å². The van der Waals surface area contributed by atoms with Crippen LogP contribution in [-0.2, 0) is 22.2 Å². The molecule has 182 valence electrons. The average molecular weight is 484 g/mol. The fourth-order valence-electron chi connectivity index (χ4n) is 3.14. The zero-order valence-electron chi connectivity index (χ0n) is 18.7. The minimum Gasteiger partial charge on any atom is -0.457 e. The third-order valence-electron chi connectivity index (χ3n) is 4.58. The van der Waals surface area contributed by atoms with Crippen molar-refractivity contribution < 1.29 is 27.5 Å². The van der Waals surface area contributed by atoms with E-state index in [1.165, 1.54) is 31.3 Å². The summed E-state index contributed by atoms with van der Waals surface area (Å²) in [4.78, 5) is 27.6. The molecule has 10 heteroatoms. The van der Waals surface area contributed by atoms with Crippen molar-refractivity contribution in [3.63, 3.8) is 0 Å². The monoisotopic (exact) mass is 484 g/mol. The lowest BCUT2D eigenvalue weighted by atomic mass is 10.1. The minimum absolute atomic E-state index is 0.0303. The second-order valence-electron chi connectivity index (χ2n) is 7.51. The van der Waals surface area contributed by atoms with Crippen LogP contribution in [0.3, 0.4) is 0 Å². The maximum Gasteiger partial charge on any atom is 0.416 e. The number of ether oxygens (including phenoxy) is 1. The Kier molecular flexibility index (Phi) is 8.21. The standard InChI is InChI=1S/C25H23F3N4O3/c1-16(33)31-23-15-22(8-10-30-23)35-21-4-2-3-17(13-21)5-6-24(34)32-20-12-18(7-9-29)11-19(14-20)25(26,27)28/h2-6,8,10-15H,7,9,29H2,1H3,(H,32,34)(H,30,31,33)/b6-5+. The summed E-state index contributed by atoms with van der Waals surface area (Å²) in [5, 5.41) is 5.02. The van der Waals surface area contributed by atoms with Crippen LogP contribution in [0.4, 0.5) is 24.7 Å². The van der Waals surface area contributed by atoms with Crippen molar-refractivity contribution in [2.75, 3.05) is 17.2 Å². The highest BCUT2D eigenvalue weighted by molar-refractivity contribution is 6.02. The van der Waals surface area contributed by atoms with Crippen molar-refractivity contribution in [3.05, 3.63) is 83.6 Å². The molecule has 0 aliphatic heterocycles. The number of amides is 2. The first kappa shape index (κ1) is 25.4. The molecule has 0 saturated carbocycles. The molecule has 2 aromatic carbocycles. The summed E-state index contributed by atoms with van der Waals surface area (Å²) in [5.74, 6) is 0.397. The van der Waals surface area contributed by atoms with Crippen molar-refractivity contribution in [3.8, 4) is 11.5 Å². The molecule has 0 unspecified atom stereocenters. The molecule has 0 aliphatic carbocycles. The third-order valence-corrected chi connectivity index (χ3v) is 4.58. The molecule has 35 heavy (non-hydrogen) atoms. The normalized spacial score (nSPS) is 11.3. The van der Waals surface area contributed by atoms with Gasteiger partial charge in [0, 0.05) is 31.0 Å². The van der Waals surface area contributed by atoms with Gasteiger partial charge in [0.15, 0.2) is 0 Å². The van der Waals surface area contributed by atoms with E-state index in [0.29, 0.717) is 28.4 Å². The van der Waals surface area contributed by atoms with Gasteiger partial charge in [-0.25, -0.2) is 4.98 Å². The lowest BCUT2D eigenvalue weighted by Gasteiger charge is -2.12. The summed E-state index contributed by atoms with van der Waals surface area (Å²) in [6.07, 6.45) is -0.0894. The predicted molar refractivity (Wildman–Crippen MR) is 127 cm³/mol. The van der Waals surface area contributed by atoms with E-state index in [1.54, 1.807) is 36.4 Å². The van der Waals surface area contributed by atoms with Gasteiger partial charge in [-0.05, 0) is 66.6 Å². The Morgan fingerprint density at radius 2 is 1.83 bits per heavy atom. The van der Waals surface area contributed by atoms with Crippen LogP contribution in [0.2, 0.25) is 0 Å². The van der Waals surface area contributed by atoms with Crippen molar-refractivity contribution in [1.82, 2.24) is 4.98 Å². The van der Waals surface area contributed by atoms with Gasteiger partial charge in [-0.15, -0.1) is 0 Å². The Morgan fingerprint density at radius 3 is 2.54 bits per heavy atom. The molecule has 0 radical (unpaired) electrons. The zero-order valence-corrected chi connectivity index (χ0v) is 18.7. The fourth-order valence-corrected chi connectivity index (χ4v) is 3.14. The van der Waals surface area contributed by atoms with Crippen LogP contribution in [0.1, 0.15) is 23.6 Å². The Balaban J connectivity index is 1.70. The molecule has 1 aromatic heterocycles. The lowest BCUT2D eigenvalue weighted by Crippen LogP contribution is -2.12. The van der Waals surface area contributed by atoms with Crippen LogP contribution in [-0.4, -0.2) is 23.3 Å². The number of carbonyl (C=O) groups is 2. The highest BCUT2D eigenvalue weighted by Gasteiger charge is 2.31. The summed E-state index contributed by atoms with van der Waals surface area (Å²) in [5.41, 5.74) is 5.64. The first-order valence-corrected chi connectivity index (χ1v) is 10.5. The Labute approximate surface area is 199 Å². The number of hydrogen-bond donors (Lipinski definition) is 3. The Hall–Kier alpha value is -4.18. The molecule has 0 fully saturated rings. The lowest BCUT2D eigenvalue weighted by molar-refractivity contribution is -0.137. The van der Waals surface area contributed by atoms with Gasteiger partial charge in [0.25, 0.3) is 0 Å². The predicted octanol–water partition coefficient (Wildman–Crippen LogP) is 5.00. The number of carbonyl (C=O) groups excluding carboxylic acids is 2. The van der Waals surface area contributed by atoms with Gasteiger partial charge in [0.2, 0.25) is 11.8 Å². The summed E-state index contributed by atoms with van der Waals surface area (Å²) in [6.45, 7) is 1.55. The minimum atomic E-state index is -4.54. The number of nitrogens with two attached hydrogens (primary N) is 1. The maximum atomic E-state index is 13.2. The van der Waals surface area contributed by atoms with Crippen molar-refractivity contribution >= 4 is 29.4 Å². The van der Waals surface area contributed by atoms with E-state index in [1.807, 2.05) is 0 Å². The van der Waals surface area contributed by atoms with Crippen molar-refractivity contribution in [2.45, 2.75) is 19.5 Å². The number of halogens is 3. The number of anilines is 2. The molecular weight excluding hydrogens is 461 g/mol.